The van der Waals surface area contributed by atoms with Crippen LogP contribution in [0, 0.1) is 0 Å². The molecule has 3 aliphatic heterocycles. The Labute approximate surface area is 284 Å². The van der Waals surface area contributed by atoms with Crippen LogP contribution in [0.1, 0.15) is 69.2 Å². The Morgan fingerprint density at radius 2 is 1.19 bits per heavy atom. The van der Waals surface area contributed by atoms with E-state index in [2.05, 4.69) is 104 Å². The van der Waals surface area contributed by atoms with Crippen molar-refractivity contribution >= 4 is 17.7 Å². The standard InChI is InChI=1S/C36H62N6O5/c1-14-29(43)37-19-26(4)42(36(11,12)13)33(22-37)47-25-28-21-40(31(45)16-3)32(23-41(28)35(8,9)10)46-24-27-20-38(34(5,6)7)17-18-39(27)30(44)15-2/h14-16,26-28,32-33H,1-3,17-25H2,4-13H3/t26-,27?,28?,32?,33?/m1/s1. The highest BCUT2D eigenvalue weighted by atomic mass is 16.5. The van der Waals surface area contributed by atoms with Gasteiger partial charge in [-0.2, -0.15) is 0 Å². The van der Waals surface area contributed by atoms with E-state index in [4.69, 9.17) is 9.47 Å². The molecule has 0 spiro atoms. The summed E-state index contributed by atoms with van der Waals surface area (Å²) in [5.74, 6) is -0.427. The monoisotopic (exact) mass is 658 g/mol. The lowest BCUT2D eigenvalue weighted by molar-refractivity contribution is -0.191. The molecule has 0 N–H and O–H groups in total. The fourth-order valence-electron chi connectivity index (χ4n) is 7.35. The summed E-state index contributed by atoms with van der Waals surface area (Å²) in [6.45, 7) is 37.3. The van der Waals surface area contributed by atoms with Crippen molar-refractivity contribution in [2.24, 2.45) is 0 Å². The van der Waals surface area contributed by atoms with Crippen LogP contribution in [0.25, 0.3) is 0 Å². The van der Waals surface area contributed by atoms with Crippen LogP contribution in [-0.4, -0.2) is 153 Å². The minimum atomic E-state index is -0.539. The van der Waals surface area contributed by atoms with Gasteiger partial charge in [0.2, 0.25) is 17.7 Å². The van der Waals surface area contributed by atoms with Crippen molar-refractivity contribution in [3.63, 3.8) is 0 Å². The topological polar surface area (TPSA) is 89.1 Å². The molecule has 0 radical (unpaired) electrons. The van der Waals surface area contributed by atoms with Crippen LogP contribution >= 0.6 is 0 Å². The van der Waals surface area contributed by atoms with Crippen molar-refractivity contribution in [1.82, 2.24) is 29.4 Å². The number of carbonyl (C=O) groups is 3. The van der Waals surface area contributed by atoms with Gasteiger partial charge in [-0.05, 0) is 87.5 Å². The second kappa shape index (κ2) is 15.3. The van der Waals surface area contributed by atoms with Crippen molar-refractivity contribution in [1.29, 1.82) is 0 Å². The number of hydrogen-bond acceptors (Lipinski definition) is 8. The Hall–Kier alpha value is -2.57. The van der Waals surface area contributed by atoms with Crippen LogP contribution < -0.4 is 0 Å². The van der Waals surface area contributed by atoms with Crippen LogP contribution in [0.2, 0.25) is 0 Å². The first-order valence-corrected chi connectivity index (χ1v) is 17.0. The molecule has 3 rings (SSSR count). The van der Waals surface area contributed by atoms with Crippen LogP contribution in [0.4, 0.5) is 0 Å². The molecule has 5 atom stereocenters. The zero-order chi connectivity index (χ0) is 35.5. The maximum absolute atomic E-state index is 13.3. The molecule has 0 saturated carbocycles. The summed E-state index contributed by atoms with van der Waals surface area (Å²) in [4.78, 5) is 51.2. The van der Waals surface area contributed by atoms with Crippen molar-refractivity contribution in [3.8, 4) is 0 Å². The summed E-state index contributed by atoms with van der Waals surface area (Å²) < 4.78 is 13.3. The van der Waals surface area contributed by atoms with E-state index in [1.165, 1.54) is 18.2 Å². The largest absolute Gasteiger partial charge is 0.360 e. The van der Waals surface area contributed by atoms with E-state index in [-0.39, 0.29) is 65.3 Å². The van der Waals surface area contributed by atoms with E-state index in [1.54, 1.807) is 9.80 Å². The van der Waals surface area contributed by atoms with Crippen molar-refractivity contribution in [3.05, 3.63) is 38.0 Å². The summed E-state index contributed by atoms with van der Waals surface area (Å²) in [6.07, 6.45) is 3.19. The van der Waals surface area contributed by atoms with E-state index in [1.807, 2.05) is 4.90 Å². The van der Waals surface area contributed by atoms with Gasteiger partial charge in [-0.15, -0.1) is 0 Å². The molecule has 3 aliphatic rings. The number of piperazine rings is 3. The molecule has 0 aromatic heterocycles. The van der Waals surface area contributed by atoms with Crippen LogP contribution in [-0.2, 0) is 23.9 Å². The van der Waals surface area contributed by atoms with E-state index in [0.29, 0.717) is 45.9 Å². The average Bonchev–Trinajstić information content (AvgIpc) is 2.99. The van der Waals surface area contributed by atoms with E-state index < -0.39 is 6.23 Å². The van der Waals surface area contributed by atoms with Gasteiger partial charge in [0.25, 0.3) is 0 Å². The average molecular weight is 659 g/mol. The molecule has 3 fully saturated rings. The SMILES string of the molecule is C=CC(=O)N1CC(OCC2CN(C(=O)C=C)C(OCC3CN(C(C)(C)C)CCN3C(=O)C=C)CN2C(C)(C)C)N(C(C)(C)C)[C@H](C)C1. The van der Waals surface area contributed by atoms with Gasteiger partial charge in [0.05, 0.1) is 31.8 Å². The van der Waals surface area contributed by atoms with Gasteiger partial charge < -0.3 is 24.2 Å². The van der Waals surface area contributed by atoms with Crippen LogP contribution in [0.5, 0.6) is 0 Å². The molecule has 47 heavy (non-hydrogen) atoms. The fraction of sp³-hybridized carbons (Fsp3) is 0.750. The highest BCUT2D eigenvalue weighted by Crippen LogP contribution is 2.30. The number of carbonyl (C=O) groups excluding carboxylic acids is 3. The first kappa shape index (κ1) is 38.9. The third-order valence-corrected chi connectivity index (χ3v) is 9.63. The maximum Gasteiger partial charge on any atom is 0.248 e. The molecule has 0 aliphatic carbocycles. The van der Waals surface area contributed by atoms with Gasteiger partial charge in [0, 0.05) is 61.9 Å². The number of nitrogens with zero attached hydrogens (tertiary/aromatic N) is 6. The lowest BCUT2D eigenvalue weighted by atomic mass is 9.99. The molecule has 3 heterocycles. The minimum Gasteiger partial charge on any atom is -0.360 e. The third-order valence-electron chi connectivity index (χ3n) is 9.63. The summed E-state index contributed by atoms with van der Waals surface area (Å²) in [6, 6.07) is -0.233. The Kier molecular flexibility index (Phi) is 12.7. The first-order chi connectivity index (χ1) is 21.7. The van der Waals surface area contributed by atoms with Crippen molar-refractivity contribution in [2.75, 3.05) is 59.0 Å². The van der Waals surface area contributed by atoms with Gasteiger partial charge in [0.1, 0.15) is 12.5 Å². The predicted molar refractivity (Wildman–Crippen MR) is 186 cm³/mol. The quantitative estimate of drug-likeness (QED) is 0.350. The molecular weight excluding hydrogens is 596 g/mol. The second-order valence-electron chi connectivity index (χ2n) is 16.1. The van der Waals surface area contributed by atoms with Crippen molar-refractivity contribution in [2.45, 2.75) is 116 Å². The highest BCUT2D eigenvalue weighted by Gasteiger charge is 2.44. The molecule has 0 bridgehead atoms. The number of rotatable bonds is 9. The summed E-state index contributed by atoms with van der Waals surface area (Å²) in [5.41, 5.74) is -0.496. The van der Waals surface area contributed by atoms with E-state index in [9.17, 15) is 14.4 Å². The number of hydrogen-bond donors (Lipinski definition) is 0. The van der Waals surface area contributed by atoms with Crippen molar-refractivity contribution < 1.29 is 23.9 Å². The minimum absolute atomic E-state index is 0.0534. The Morgan fingerprint density at radius 3 is 1.72 bits per heavy atom. The smallest absolute Gasteiger partial charge is 0.248 e. The molecule has 3 amide bonds. The normalized spacial score (nSPS) is 27.4. The molecule has 0 aromatic rings. The first-order valence-electron chi connectivity index (χ1n) is 17.0. The Morgan fingerprint density at radius 1 is 0.638 bits per heavy atom. The summed E-state index contributed by atoms with van der Waals surface area (Å²) in [7, 11) is 0. The zero-order valence-corrected chi connectivity index (χ0v) is 30.8. The Bertz CT molecular complexity index is 1150. The van der Waals surface area contributed by atoms with Gasteiger partial charge in [-0.25, -0.2) is 0 Å². The van der Waals surface area contributed by atoms with Gasteiger partial charge >= 0.3 is 0 Å². The molecule has 3 saturated heterocycles. The maximum atomic E-state index is 13.3. The Balaban J connectivity index is 1.84. The molecule has 4 unspecified atom stereocenters. The lowest BCUT2D eigenvalue weighted by Gasteiger charge is -2.53. The highest BCUT2D eigenvalue weighted by molar-refractivity contribution is 5.88. The fourth-order valence-corrected chi connectivity index (χ4v) is 7.35. The lowest BCUT2D eigenvalue weighted by Crippen LogP contribution is -2.68. The summed E-state index contributed by atoms with van der Waals surface area (Å²) in [5, 5.41) is 0. The molecular formula is C36H62N6O5. The number of amides is 3. The van der Waals surface area contributed by atoms with Gasteiger partial charge in [-0.3, -0.25) is 29.1 Å². The van der Waals surface area contributed by atoms with Crippen LogP contribution in [0.15, 0.2) is 38.0 Å². The number of ether oxygens (including phenoxy) is 2. The zero-order valence-electron chi connectivity index (χ0n) is 30.8. The van der Waals surface area contributed by atoms with Gasteiger partial charge in [-0.1, -0.05) is 19.7 Å². The van der Waals surface area contributed by atoms with E-state index >= 15 is 0 Å². The third kappa shape index (κ3) is 9.53. The second-order valence-corrected chi connectivity index (χ2v) is 16.1. The molecule has 266 valence electrons. The van der Waals surface area contributed by atoms with E-state index in [0.717, 1.165) is 6.54 Å². The molecule has 0 aromatic carbocycles. The molecule has 11 nitrogen and oxygen atoms in total. The summed E-state index contributed by atoms with van der Waals surface area (Å²) >= 11 is 0. The van der Waals surface area contributed by atoms with Gasteiger partial charge in [0.15, 0.2) is 0 Å². The predicted octanol–water partition coefficient (Wildman–Crippen LogP) is 3.18. The van der Waals surface area contributed by atoms with Crippen LogP contribution in [0.3, 0.4) is 0 Å². The molecule has 11 heteroatoms.